The molecule has 0 rings (SSSR count). The molecule has 0 aromatic carbocycles. The first-order valence-electron chi connectivity index (χ1n) is 26.0. The van der Waals surface area contributed by atoms with E-state index in [9.17, 15) is 14.3 Å². The molecule has 9 heteroatoms. The molecule has 0 aromatic heterocycles. The van der Waals surface area contributed by atoms with Gasteiger partial charge >= 0.3 is 13.8 Å². The standard InChI is InChI=1S/C50H102NO7P/c1-3-5-7-9-11-13-15-17-19-21-22-23-24-25-26-28-30-32-34-36-38-40-42-45-55-47-49(48-57-59(53,54)56-46-44-51)58-50(52)43-41-39-37-35-33-31-29-27-20-18-16-14-12-10-8-6-4-2/h49H,3-48,51H2,1-2H3,(H,53,54). The number of rotatable bonds is 51. The number of hydrogen-bond donors (Lipinski definition) is 2. The molecule has 2 unspecified atom stereocenters. The molecule has 0 saturated carbocycles. The van der Waals surface area contributed by atoms with E-state index in [1.54, 1.807) is 0 Å². The van der Waals surface area contributed by atoms with Crippen LogP contribution in [-0.2, 0) is 27.9 Å². The second-order valence-corrected chi connectivity index (χ2v) is 19.2. The van der Waals surface area contributed by atoms with Crippen LogP contribution in [0, 0.1) is 0 Å². The van der Waals surface area contributed by atoms with Crippen molar-refractivity contribution >= 4 is 13.8 Å². The topological polar surface area (TPSA) is 117 Å². The maximum absolute atomic E-state index is 12.6. The molecule has 0 bridgehead atoms. The predicted molar refractivity (Wildman–Crippen MR) is 252 cm³/mol. The molecular weight excluding hydrogens is 758 g/mol. The zero-order valence-electron chi connectivity index (χ0n) is 39.5. The van der Waals surface area contributed by atoms with Gasteiger partial charge in [-0.1, -0.05) is 258 Å². The molecule has 3 N–H and O–H groups in total. The maximum Gasteiger partial charge on any atom is 0.472 e. The normalized spacial score (nSPS) is 13.2. The number of ether oxygens (including phenoxy) is 2. The van der Waals surface area contributed by atoms with Gasteiger partial charge in [0.15, 0.2) is 0 Å². The van der Waals surface area contributed by atoms with Crippen LogP contribution in [0.1, 0.15) is 277 Å². The molecule has 59 heavy (non-hydrogen) atoms. The number of carbonyl (C=O) groups excluding carboxylic acids is 1. The van der Waals surface area contributed by atoms with Crippen LogP contribution in [-0.4, -0.2) is 49.9 Å². The van der Waals surface area contributed by atoms with E-state index in [2.05, 4.69) is 13.8 Å². The molecule has 0 saturated heterocycles. The Labute approximate surface area is 367 Å². The van der Waals surface area contributed by atoms with Crippen molar-refractivity contribution in [2.24, 2.45) is 5.73 Å². The number of phosphoric ester groups is 1. The Morgan fingerprint density at radius 3 is 1.07 bits per heavy atom. The summed E-state index contributed by atoms with van der Waals surface area (Å²) in [6.07, 6.45) is 52.8. The van der Waals surface area contributed by atoms with E-state index in [1.165, 1.54) is 225 Å². The highest BCUT2D eigenvalue weighted by Crippen LogP contribution is 2.43. The van der Waals surface area contributed by atoms with Crippen LogP contribution in [0.25, 0.3) is 0 Å². The lowest BCUT2D eigenvalue weighted by Gasteiger charge is -2.20. The smallest absolute Gasteiger partial charge is 0.457 e. The summed E-state index contributed by atoms with van der Waals surface area (Å²) in [6.45, 7) is 5.01. The van der Waals surface area contributed by atoms with Crippen molar-refractivity contribution < 1.29 is 32.8 Å². The van der Waals surface area contributed by atoms with Crippen LogP contribution in [0.4, 0.5) is 0 Å². The summed E-state index contributed by atoms with van der Waals surface area (Å²) < 4.78 is 33.6. The van der Waals surface area contributed by atoms with Crippen LogP contribution in [0.15, 0.2) is 0 Å². The molecule has 0 radical (unpaired) electrons. The van der Waals surface area contributed by atoms with Crippen LogP contribution in [0.3, 0.4) is 0 Å². The number of phosphoric acid groups is 1. The van der Waals surface area contributed by atoms with Crippen molar-refractivity contribution in [2.75, 3.05) is 33.0 Å². The molecular formula is C50H102NO7P. The Morgan fingerprint density at radius 1 is 0.441 bits per heavy atom. The summed E-state index contributed by atoms with van der Waals surface area (Å²) in [6, 6.07) is 0. The summed E-state index contributed by atoms with van der Waals surface area (Å²) >= 11 is 0. The van der Waals surface area contributed by atoms with Crippen LogP contribution >= 0.6 is 7.82 Å². The molecule has 2 atom stereocenters. The zero-order chi connectivity index (χ0) is 43.0. The van der Waals surface area contributed by atoms with Gasteiger partial charge in [0.05, 0.1) is 19.8 Å². The number of hydrogen-bond acceptors (Lipinski definition) is 7. The Morgan fingerprint density at radius 2 is 0.746 bits per heavy atom. The molecule has 0 amide bonds. The predicted octanol–water partition coefficient (Wildman–Crippen LogP) is 16.0. The van der Waals surface area contributed by atoms with Gasteiger partial charge in [0.1, 0.15) is 6.10 Å². The summed E-state index contributed by atoms with van der Waals surface area (Å²) in [5.74, 6) is -0.321. The van der Waals surface area contributed by atoms with Gasteiger partial charge in [-0.25, -0.2) is 4.57 Å². The van der Waals surface area contributed by atoms with Gasteiger partial charge in [-0.3, -0.25) is 13.8 Å². The molecule has 8 nitrogen and oxygen atoms in total. The summed E-state index contributed by atoms with van der Waals surface area (Å²) in [5.41, 5.74) is 5.39. The highest BCUT2D eigenvalue weighted by Gasteiger charge is 2.25. The molecule has 0 heterocycles. The van der Waals surface area contributed by atoms with E-state index in [0.29, 0.717) is 13.0 Å². The number of esters is 1. The van der Waals surface area contributed by atoms with E-state index >= 15 is 0 Å². The maximum atomic E-state index is 12.6. The van der Waals surface area contributed by atoms with E-state index < -0.39 is 13.9 Å². The van der Waals surface area contributed by atoms with Gasteiger partial charge in [-0.05, 0) is 12.8 Å². The van der Waals surface area contributed by atoms with Crippen molar-refractivity contribution in [3.8, 4) is 0 Å². The lowest BCUT2D eigenvalue weighted by atomic mass is 10.0. The van der Waals surface area contributed by atoms with Crippen molar-refractivity contribution in [1.82, 2.24) is 0 Å². The average molecular weight is 860 g/mol. The third kappa shape index (κ3) is 48.4. The van der Waals surface area contributed by atoms with Crippen molar-refractivity contribution in [3.05, 3.63) is 0 Å². The van der Waals surface area contributed by atoms with Gasteiger partial charge in [0.2, 0.25) is 0 Å². The third-order valence-corrected chi connectivity index (χ3v) is 12.8. The second kappa shape index (κ2) is 48.5. The first-order valence-corrected chi connectivity index (χ1v) is 27.5. The average Bonchev–Trinajstić information content (AvgIpc) is 3.23. The minimum Gasteiger partial charge on any atom is -0.457 e. The summed E-state index contributed by atoms with van der Waals surface area (Å²) in [5, 5.41) is 0. The molecule has 0 aromatic rings. The van der Waals surface area contributed by atoms with Crippen molar-refractivity contribution in [2.45, 2.75) is 283 Å². The zero-order valence-corrected chi connectivity index (χ0v) is 40.4. The molecule has 0 aliphatic carbocycles. The third-order valence-electron chi connectivity index (χ3n) is 11.8. The minimum atomic E-state index is -4.27. The first-order chi connectivity index (χ1) is 28.9. The fourth-order valence-electron chi connectivity index (χ4n) is 7.94. The van der Waals surface area contributed by atoms with E-state index in [-0.39, 0.29) is 32.3 Å². The SMILES string of the molecule is CCCCCCCCCCCCCCCCCCCCCCCCCOCC(COP(=O)(O)OCCN)OC(=O)CCCCCCCCCCCCCCCCCCC. The largest absolute Gasteiger partial charge is 0.472 e. The second-order valence-electron chi connectivity index (χ2n) is 17.8. The van der Waals surface area contributed by atoms with Crippen molar-refractivity contribution in [3.63, 3.8) is 0 Å². The van der Waals surface area contributed by atoms with Gasteiger partial charge < -0.3 is 20.1 Å². The molecule has 0 fully saturated rings. The van der Waals surface area contributed by atoms with Gasteiger partial charge in [-0.2, -0.15) is 0 Å². The molecule has 0 spiro atoms. The van der Waals surface area contributed by atoms with E-state index in [1.807, 2.05) is 0 Å². The van der Waals surface area contributed by atoms with E-state index in [4.69, 9.17) is 24.3 Å². The molecule has 0 aliphatic rings. The Balaban J connectivity index is 3.85. The van der Waals surface area contributed by atoms with Gasteiger partial charge in [0, 0.05) is 19.6 Å². The van der Waals surface area contributed by atoms with Gasteiger partial charge in [0.25, 0.3) is 0 Å². The molecule has 354 valence electrons. The number of unbranched alkanes of at least 4 members (excludes halogenated alkanes) is 38. The fraction of sp³-hybridized carbons (Fsp3) is 0.980. The Kier molecular flexibility index (Phi) is 48.1. The quantitative estimate of drug-likeness (QED) is 0.0353. The Bertz CT molecular complexity index is 878. The number of carbonyl (C=O) groups is 1. The Hall–Kier alpha value is -0.500. The number of nitrogens with two attached hydrogens (primary N) is 1. The molecule has 0 aliphatic heterocycles. The fourth-order valence-corrected chi connectivity index (χ4v) is 8.71. The van der Waals surface area contributed by atoms with E-state index in [0.717, 1.165) is 32.1 Å². The minimum absolute atomic E-state index is 0.0897. The van der Waals surface area contributed by atoms with Gasteiger partial charge in [-0.15, -0.1) is 0 Å². The lowest BCUT2D eigenvalue weighted by Crippen LogP contribution is -2.28. The monoisotopic (exact) mass is 860 g/mol. The summed E-state index contributed by atoms with van der Waals surface area (Å²) in [7, 11) is -4.27. The highest BCUT2D eigenvalue weighted by atomic mass is 31.2. The first kappa shape index (κ1) is 58.5. The van der Waals surface area contributed by atoms with Crippen LogP contribution < -0.4 is 5.73 Å². The van der Waals surface area contributed by atoms with Crippen LogP contribution in [0.5, 0.6) is 0 Å². The summed E-state index contributed by atoms with van der Waals surface area (Å²) in [4.78, 5) is 22.6. The van der Waals surface area contributed by atoms with Crippen LogP contribution in [0.2, 0.25) is 0 Å². The van der Waals surface area contributed by atoms with Crippen molar-refractivity contribution in [1.29, 1.82) is 0 Å². The lowest BCUT2D eigenvalue weighted by molar-refractivity contribution is -0.154. The highest BCUT2D eigenvalue weighted by molar-refractivity contribution is 7.47.